The highest BCUT2D eigenvalue weighted by Crippen LogP contribution is 2.24. The molecule has 1 aliphatic rings. The summed E-state index contributed by atoms with van der Waals surface area (Å²) in [6, 6.07) is -1.19. The van der Waals surface area contributed by atoms with Gasteiger partial charge in [-0.05, 0) is 64.2 Å². The van der Waals surface area contributed by atoms with Crippen LogP contribution < -0.4 is 5.32 Å². The molecule has 1 amide bonds. The number of hydrogen-bond acceptors (Lipinski definition) is 10. The van der Waals surface area contributed by atoms with Crippen molar-refractivity contribution >= 4 is 5.91 Å². The highest BCUT2D eigenvalue weighted by Gasteiger charge is 2.44. The van der Waals surface area contributed by atoms with E-state index in [1.165, 1.54) is 270 Å². The lowest BCUT2D eigenvalue weighted by molar-refractivity contribution is -0.303. The second kappa shape index (κ2) is 62.5. The Morgan fingerprint density at radius 2 is 0.706 bits per heavy atom. The summed E-state index contributed by atoms with van der Waals surface area (Å²) in [6.07, 6.45) is 69.6. The van der Waals surface area contributed by atoms with E-state index in [2.05, 4.69) is 55.6 Å². The van der Waals surface area contributed by atoms with Gasteiger partial charge in [0.15, 0.2) is 6.29 Å². The average molecular weight is 1200 g/mol. The Bertz CT molecular complexity index is 1480. The van der Waals surface area contributed by atoms with Crippen molar-refractivity contribution in [2.45, 2.75) is 416 Å². The third-order valence-corrected chi connectivity index (χ3v) is 17.9. The monoisotopic (exact) mass is 1200 g/mol. The van der Waals surface area contributed by atoms with Gasteiger partial charge in [0.2, 0.25) is 5.91 Å². The van der Waals surface area contributed by atoms with E-state index in [0.29, 0.717) is 19.3 Å². The largest absolute Gasteiger partial charge is 0.394 e. The van der Waals surface area contributed by atoms with Crippen LogP contribution in [-0.2, 0) is 14.3 Å². The molecule has 0 radical (unpaired) electrons. The number of amides is 1. The fourth-order valence-electron chi connectivity index (χ4n) is 12.0. The van der Waals surface area contributed by atoms with Crippen molar-refractivity contribution in [1.82, 2.24) is 5.32 Å². The van der Waals surface area contributed by atoms with Gasteiger partial charge < -0.3 is 50.5 Å². The number of unbranched alkanes of at least 4 members (excludes halogenated alkanes) is 47. The van der Waals surface area contributed by atoms with E-state index in [1.807, 2.05) is 0 Å². The van der Waals surface area contributed by atoms with Gasteiger partial charge in [-0.2, -0.15) is 0 Å². The molecule has 0 aliphatic carbocycles. The molecule has 9 atom stereocenters. The van der Waals surface area contributed by atoms with Crippen LogP contribution in [0, 0.1) is 0 Å². The molecular weight excluding hydrogens is 1060 g/mol. The van der Waals surface area contributed by atoms with Crippen molar-refractivity contribution in [2.75, 3.05) is 13.2 Å². The van der Waals surface area contributed by atoms with Gasteiger partial charge in [0.1, 0.15) is 36.6 Å². The van der Waals surface area contributed by atoms with Gasteiger partial charge in [-0.15, -0.1) is 0 Å². The minimum atomic E-state index is -1.67. The van der Waals surface area contributed by atoms with Crippen LogP contribution in [0.15, 0.2) is 36.5 Å². The maximum Gasteiger partial charge on any atom is 0.249 e. The molecule has 0 aromatic carbocycles. The van der Waals surface area contributed by atoms with Crippen molar-refractivity contribution in [2.24, 2.45) is 0 Å². The van der Waals surface area contributed by atoms with Gasteiger partial charge in [0.25, 0.3) is 0 Å². The number of hydrogen-bond donors (Lipinski definition) is 8. The van der Waals surface area contributed by atoms with Crippen LogP contribution in [0.2, 0.25) is 0 Å². The summed E-state index contributed by atoms with van der Waals surface area (Å²) in [4.78, 5) is 13.3. The number of nitrogens with one attached hydrogen (secondary N) is 1. The Hall–Kier alpha value is -1.67. The molecule has 9 unspecified atom stereocenters. The molecule has 11 heteroatoms. The molecule has 1 saturated heterocycles. The number of carbonyl (C=O) groups is 1. The zero-order valence-electron chi connectivity index (χ0n) is 55.6. The summed E-state index contributed by atoms with van der Waals surface area (Å²) in [6.45, 7) is 3.49. The van der Waals surface area contributed by atoms with Crippen molar-refractivity contribution in [3.8, 4) is 0 Å². The fraction of sp³-hybridized carbons (Fsp3) is 0.905. The second-order valence-corrected chi connectivity index (χ2v) is 26.0. The lowest BCUT2D eigenvalue weighted by Gasteiger charge is -2.40. The van der Waals surface area contributed by atoms with Crippen LogP contribution in [0.3, 0.4) is 0 Å². The average Bonchev–Trinajstić information content (AvgIpc) is 3.51. The van der Waals surface area contributed by atoms with Gasteiger partial charge in [-0.1, -0.05) is 333 Å². The maximum absolute atomic E-state index is 13.3. The molecule has 1 heterocycles. The van der Waals surface area contributed by atoms with Gasteiger partial charge in [-0.3, -0.25) is 4.79 Å². The maximum atomic E-state index is 13.3. The summed E-state index contributed by atoms with van der Waals surface area (Å²) in [5.74, 6) is -0.706. The molecule has 0 aromatic rings. The molecule has 1 aliphatic heterocycles. The van der Waals surface area contributed by atoms with E-state index in [9.17, 15) is 40.5 Å². The van der Waals surface area contributed by atoms with Crippen LogP contribution in [0.4, 0.5) is 0 Å². The Labute approximate surface area is 524 Å². The molecule has 8 N–H and O–H groups in total. The van der Waals surface area contributed by atoms with Gasteiger partial charge in [-0.25, -0.2) is 0 Å². The van der Waals surface area contributed by atoms with E-state index in [4.69, 9.17) is 9.47 Å². The van der Waals surface area contributed by atoms with Crippen LogP contribution in [0.1, 0.15) is 361 Å². The minimum absolute atomic E-state index is 0.243. The highest BCUT2D eigenvalue weighted by atomic mass is 16.7. The van der Waals surface area contributed by atoms with E-state index in [1.54, 1.807) is 0 Å². The van der Waals surface area contributed by atoms with Crippen LogP contribution in [-0.4, -0.2) is 110 Å². The molecule has 11 nitrogen and oxygen atoms in total. The fourth-order valence-corrected chi connectivity index (χ4v) is 12.0. The summed E-state index contributed by atoms with van der Waals surface area (Å²) in [5, 5.41) is 76.5. The minimum Gasteiger partial charge on any atom is -0.394 e. The first kappa shape index (κ1) is 81.3. The first-order valence-electron chi connectivity index (χ1n) is 36.9. The van der Waals surface area contributed by atoms with Crippen molar-refractivity contribution < 1.29 is 50.0 Å². The zero-order chi connectivity index (χ0) is 61.7. The van der Waals surface area contributed by atoms with Crippen molar-refractivity contribution in [3.63, 3.8) is 0 Å². The molecule has 0 saturated carbocycles. The van der Waals surface area contributed by atoms with Gasteiger partial charge in [0, 0.05) is 0 Å². The standard InChI is InChI=1S/C74H141NO10/c1-3-5-7-9-11-13-15-17-19-21-23-25-27-29-30-31-32-33-34-35-36-37-38-40-42-44-46-48-50-52-54-56-58-60-62-67(78)73(83)75-65(64-84-74-72(82)71(81)70(80)68(63-76)85-74)69(79)66(77)61-59-57-55-53-51-49-47-45-43-41-39-28-26-24-22-20-18-16-14-12-10-8-6-4-2/h28,39,45,47,53,55,65-72,74,76-82H,3-27,29-38,40-44,46,48-52,54,56-64H2,1-2H3,(H,75,83)/b39-28+,47-45+,55-53+. The molecule has 0 bridgehead atoms. The Kier molecular flexibility index (Phi) is 59.8. The number of aliphatic hydroxyl groups is 7. The molecule has 85 heavy (non-hydrogen) atoms. The second-order valence-electron chi connectivity index (χ2n) is 26.0. The van der Waals surface area contributed by atoms with Crippen LogP contribution >= 0.6 is 0 Å². The Morgan fingerprint density at radius 3 is 1.05 bits per heavy atom. The lowest BCUT2D eigenvalue weighted by atomic mass is 9.98. The number of rotatable bonds is 65. The number of aliphatic hydroxyl groups excluding tert-OH is 7. The van der Waals surface area contributed by atoms with Gasteiger partial charge in [0.05, 0.1) is 25.4 Å². The zero-order valence-corrected chi connectivity index (χ0v) is 55.6. The Balaban J connectivity index is 2.18. The normalized spacial score (nSPS) is 19.0. The summed E-state index contributed by atoms with van der Waals surface area (Å²) < 4.78 is 11.2. The first-order chi connectivity index (χ1) is 41.7. The van der Waals surface area contributed by atoms with E-state index in [0.717, 1.165) is 44.9 Å². The predicted molar refractivity (Wildman–Crippen MR) is 358 cm³/mol. The number of carbonyl (C=O) groups excluding carboxylic acids is 1. The predicted octanol–water partition coefficient (Wildman–Crippen LogP) is 18.1. The summed E-state index contributed by atoms with van der Waals surface area (Å²) in [7, 11) is 0. The van der Waals surface area contributed by atoms with Crippen LogP contribution in [0.25, 0.3) is 0 Å². The van der Waals surface area contributed by atoms with E-state index in [-0.39, 0.29) is 12.8 Å². The highest BCUT2D eigenvalue weighted by molar-refractivity contribution is 5.80. The van der Waals surface area contributed by atoms with E-state index < -0.39 is 74.2 Å². The third-order valence-electron chi connectivity index (χ3n) is 17.9. The number of allylic oxidation sites excluding steroid dienone is 6. The van der Waals surface area contributed by atoms with E-state index >= 15 is 0 Å². The molecular formula is C74H141NO10. The summed E-state index contributed by atoms with van der Waals surface area (Å²) >= 11 is 0. The van der Waals surface area contributed by atoms with Crippen LogP contribution in [0.5, 0.6) is 0 Å². The molecule has 1 fully saturated rings. The molecule has 502 valence electrons. The Morgan fingerprint density at radius 1 is 0.400 bits per heavy atom. The number of ether oxygens (including phenoxy) is 2. The molecule has 0 spiro atoms. The third kappa shape index (κ3) is 49.8. The first-order valence-corrected chi connectivity index (χ1v) is 36.9. The smallest absolute Gasteiger partial charge is 0.249 e. The molecule has 0 aromatic heterocycles. The van der Waals surface area contributed by atoms with Crippen molar-refractivity contribution in [1.29, 1.82) is 0 Å². The quantitative estimate of drug-likeness (QED) is 0.0215. The van der Waals surface area contributed by atoms with Gasteiger partial charge >= 0.3 is 0 Å². The molecule has 1 rings (SSSR count). The topological polar surface area (TPSA) is 189 Å². The SMILES string of the molecule is CCCCCCCCCCCCC/C=C/CC/C=C/CC/C=C/CCCC(O)C(O)C(COC1OC(CO)C(O)C(O)C1O)NC(=O)C(O)CCCCCCCCCCCCCCCCCCCCCCCCCCCCCCCCCCCC. The summed E-state index contributed by atoms with van der Waals surface area (Å²) in [5.41, 5.74) is 0. The van der Waals surface area contributed by atoms with Crippen molar-refractivity contribution in [3.05, 3.63) is 36.5 Å². The lowest BCUT2D eigenvalue weighted by Crippen LogP contribution is -2.60.